The zero-order valence-electron chi connectivity index (χ0n) is 69.7. The molecule has 12 fully saturated rings. The zero-order chi connectivity index (χ0) is 81.0. The quantitative estimate of drug-likeness (QED) is 0.0382. The van der Waals surface area contributed by atoms with Gasteiger partial charge in [-0.25, -0.2) is 9.79 Å². The van der Waals surface area contributed by atoms with Gasteiger partial charge < -0.3 is 14.5 Å². The topological polar surface area (TPSA) is 291 Å². The van der Waals surface area contributed by atoms with Gasteiger partial charge in [-0.3, -0.25) is 76.9 Å². The van der Waals surface area contributed by atoms with Gasteiger partial charge in [0.1, 0.15) is 11.4 Å². The average molecular weight is 1540 g/mol. The highest BCUT2D eigenvalue weighted by atomic mass is 16.6. The molecule has 6 amide bonds. The molecule has 0 N–H and O–H groups in total. The van der Waals surface area contributed by atoms with E-state index in [4.69, 9.17) is 4.74 Å². The highest BCUT2D eigenvalue weighted by Gasteiger charge is 2.71. The molecule has 16 atom stereocenters. The monoisotopic (exact) mass is 1540 g/mol. The summed E-state index contributed by atoms with van der Waals surface area (Å²) in [5.74, 6) is -4.35. The normalized spacial score (nSPS) is 31.9. The Labute approximate surface area is 661 Å². The number of carbonyl (C=O) groups is 14. The van der Waals surface area contributed by atoms with Crippen LogP contribution in [-0.2, 0) is 76.7 Å². The molecule has 4 bridgehead atoms. The number of aliphatic imine (C=N–C) groups is 1. The second kappa shape index (κ2) is 36.3. The fourth-order valence-electron chi connectivity index (χ4n) is 20.5. The molecular weight excluding hydrogens is 1410 g/mol. The lowest BCUT2D eigenvalue weighted by molar-refractivity contribution is -0.159. The van der Waals surface area contributed by atoms with Crippen LogP contribution in [0.15, 0.2) is 4.99 Å². The van der Waals surface area contributed by atoms with E-state index in [1.54, 1.807) is 15.9 Å². The Morgan fingerprint density at radius 2 is 0.811 bits per heavy atom. The van der Waals surface area contributed by atoms with Crippen molar-refractivity contribution in [2.75, 3.05) is 26.2 Å². The molecule has 6 saturated carbocycles. The van der Waals surface area contributed by atoms with Crippen LogP contribution in [0.25, 0.3) is 0 Å². The van der Waals surface area contributed by atoms with E-state index in [9.17, 15) is 71.9 Å². The van der Waals surface area contributed by atoms with Crippen molar-refractivity contribution in [3.05, 3.63) is 0 Å². The summed E-state index contributed by atoms with van der Waals surface area (Å²) in [5.41, 5.74) is -1.39. The van der Waals surface area contributed by atoms with Gasteiger partial charge in [0.05, 0.1) is 31.1 Å². The number of amides is 6. The van der Waals surface area contributed by atoms with Crippen LogP contribution < -0.4 is 0 Å². The predicted octanol–water partition coefficient (Wildman–Crippen LogP) is 14.3. The molecule has 111 heavy (non-hydrogen) atoms. The van der Waals surface area contributed by atoms with Gasteiger partial charge in [0.15, 0.2) is 23.1 Å². The maximum Gasteiger partial charge on any atom is 0.307 e. The largest absolute Gasteiger partial charge is 0.460 e. The molecule has 6 aliphatic heterocycles. The SMILES string of the molecule is CC(C)(C)OC(=O)C[C@H]1CCCCCCCCC[C@@H](C(=O)C(=O)CC2CC2)CC(=O)[C@@H]2[C@@H]3[C@H](CN2C1=O)C3(C)C.CC(C)(C)[C@@H](CN1C(=O)C2CCC(C2)C1=O)N=C=O.CC(C)(C)[C@H](CC(=O)C[C@H]1CCCCCCCCC[C@@H](C(=O)C(=O)CC2CC2)CC(=O)[C@@H]2[C@@H]3[C@H](CN2C1=O)C3(C)C)CN1C(=O)C2CCC(C2)C1=O. The summed E-state index contributed by atoms with van der Waals surface area (Å²) in [6.07, 6.45) is 26.7. The molecule has 6 aliphatic carbocycles. The Morgan fingerprint density at radius 1 is 0.450 bits per heavy atom. The number of fused-ring (bicyclic) bond motifs is 10. The minimum Gasteiger partial charge on any atom is -0.460 e. The van der Waals surface area contributed by atoms with Gasteiger partial charge in [-0.05, 0) is 174 Å². The Morgan fingerprint density at radius 3 is 1.16 bits per heavy atom. The number of rotatable bonds is 19. The lowest BCUT2D eigenvalue weighted by Gasteiger charge is -2.38. The number of carbonyl (C=O) groups excluding carboxylic acids is 15. The van der Waals surface area contributed by atoms with Crippen molar-refractivity contribution in [2.45, 2.75) is 338 Å². The fourth-order valence-corrected chi connectivity index (χ4v) is 20.5. The van der Waals surface area contributed by atoms with Gasteiger partial charge >= 0.3 is 5.97 Å². The third kappa shape index (κ3) is 21.8. The summed E-state index contributed by atoms with van der Waals surface area (Å²) in [6.45, 7) is 27.4. The van der Waals surface area contributed by atoms with Crippen LogP contribution >= 0.6 is 0 Å². The maximum atomic E-state index is 14.6. The minimum absolute atomic E-state index is 0.00446. The lowest BCUT2D eigenvalue weighted by atomic mass is 9.76. The minimum atomic E-state index is -0.638. The van der Waals surface area contributed by atoms with E-state index >= 15 is 0 Å². The first-order valence-electron chi connectivity index (χ1n) is 43.5. The molecule has 0 aromatic carbocycles. The van der Waals surface area contributed by atoms with Crippen LogP contribution in [0.2, 0.25) is 0 Å². The molecule has 6 saturated heterocycles. The Balaban J connectivity index is 0.000000195. The second-order valence-electron chi connectivity index (χ2n) is 40.8. The Bertz CT molecular complexity index is 3510. The number of hydrogen-bond donors (Lipinski definition) is 0. The molecule has 12 rings (SSSR count). The number of piperidine rings is 4. The van der Waals surface area contributed by atoms with E-state index < -0.39 is 53.2 Å². The first-order chi connectivity index (χ1) is 52.2. The summed E-state index contributed by atoms with van der Waals surface area (Å²) in [6, 6.07) is -1.62. The van der Waals surface area contributed by atoms with Crippen molar-refractivity contribution in [3.63, 3.8) is 0 Å². The summed E-state index contributed by atoms with van der Waals surface area (Å²) in [4.78, 5) is 208. The van der Waals surface area contributed by atoms with Crippen LogP contribution in [0.3, 0.4) is 0 Å². The van der Waals surface area contributed by atoms with Crippen LogP contribution in [0.5, 0.6) is 0 Å². The number of imide groups is 2. The first kappa shape index (κ1) is 87.2. The molecule has 0 spiro atoms. The number of esters is 1. The number of ketones is 7. The highest BCUT2D eigenvalue weighted by molar-refractivity contribution is 6.39. The smallest absolute Gasteiger partial charge is 0.307 e. The molecular formula is C90H135N5O16. The standard InChI is InChI=1S/C43H64N2O7.C33H51NO6.C14H20N2O3/c1-42(2,3)31(24-45-40(51)29-17-18-30(20-29)41(45)52)23-32(46)21-28-14-12-10-8-6-7-9-11-13-27(38(49)35(48)19-26-15-16-26)22-34(47)37-36-33(43(36,4)5)25-44(37)39(28)50;1-32(2,3)40-27(37)19-23-14-12-10-8-6-7-9-11-13-22(30(38)26(36)17-21-15-16-21)18-25(35)29-28-24(33(28,4)5)20-34(29)31(23)39;1-14(2,3)11(15-8-17)7-16-12(18)9-4-5-10(6-9)13(16)19/h26-31,33,36-37H,6-25H2,1-5H3;21-24,28-29H,6-20H2,1-5H3;9-11H,4-7H2,1-3H3/t27-,28-,29?,30?,31-,33+,36+,37-;22-,23-,24+,28+,29-;9?,10?,11-/m111/s1. The van der Waals surface area contributed by atoms with Gasteiger partial charge in [0, 0.05) is 106 Å². The van der Waals surface area contributed by atoms with E-state index in [0.29, 0.717) is 69.9 Å². The number of nitrogens with zero attached hydrogens (tertiary/aromatic N) is 5. The number of hydrogen-bond acceptors (Lipinski definition) is 17. The van der Waals surface area contributed by atoms with E-state index in [1.807, 2.05) is 62.3 Å². The van der Waals surface area contributed by atoms with Crippen molar-refractivity contribution >= 4 is 88.0 Å². The van der Waals surface area contributed by atoms with Crippen molar-refractivity contribution in [1.29, 1.82) is 0 Å². The second-order valence-corrected chi connectivity index (χ2v) is 40.8. The molecule has 0 radical (unpaired) electrons. The third-order valence-electron chi connectivity index (χ3n) is 28.4. The van der Waals surface area contributed by atoms with Crippen LogP contribution in [0.1, 0.15) is 315 Å². The summed E-state index contributed by atoms with van der Waals surface area (Å²) in [5, 5.41) is 0. The molecule has 21 nitrogen and oxygen atoms in total. The van der Waals surface area contributed by atoms with Crippen LogP contribution in [-0.4, -0.2) is 157 Å². The molecule has 12 aliphatic rings. The van der Waals surface area contributed by atoms with E-state index in [0.717, 1.165) is 141 Å². The molecule has 4 unspecified atom stereocenters. The molecule has 6 heterocycles. The summed E-state index contributed by atoms with van der Waals surface area (Å²) < 4.78 is 5.57. The van der Waals surface area contributed by atoms with Gasteiger partial charge in [-0.1, -0.05) is 159 Å². The van der Waals surface area contributed by atoms with E-state index in [2.05, 4.69) is 32.7 Å². The van der Waals surface area contributed by atoms with E-state index in [1.165, 1.54) is 9.80 Å². The molecule has 21 heteroatoms. The Hall–Kier alpha value is -6.24. The third-order valence-corrected chi connectivity index (χ3v) is 28.4. The predicted molar refractivity (Wildman–Crippen MR) is 418 cm³/mol. The van der Waals surface area contributed by atoms with Crippen molar-refractivity contribution in [3.8, 4) is 0 Å². The number of isocyanates is 1. The zero-order valence-corrected chi connectivity index (χ0v) is 69.7. The lowest BCUT2D eigenvalue weighted by Crippen LogP contribution is -2.50. The molecule has 616 valence electrons. The van der Waals surface area contributed by atoms with E-state index in [-0.39, 0.29) is 203 Å². The van der Waals surface area contributed by atoms with Gasteiger partial charge in [0.25, 0.3) is 0 Å². The Kier molecular flexibility index (Phi) is 28.5. The van der Waals surface area contributed by atoms with Crippen molar-refractivity contribution < 1.29 is 76.7 Å². The number of ether oxygens (including phenoxy) is 1. The highest BCUT2D eigenvalue weighted by Crippen LogP contribution is 2.67. The number of Topliss-reactive ketones (excluding diaryl/α,β-unsaturated/α-hetero) is 7. The maximum absolute atomic E-state index is 14.6. The van der Waals surface area contributed by atoms with Gasteiger partial charge in [-0.15, -0.1) is 0 Å². The number of likely N-dealkylation sites (tertiary alicyclic amines) is 2. The molecule has 0 aromatic heterocycles. The fraction of sp³-hybridized carbons (Fsp3) is 0.833. The van der Waals surface area contributed by atoms with Crippen LogP contribution in [0.4, 0.5) is 0 Å². The first-order valence-corrected chi connectivity index (χ1v) is 43.5. The van der Waals surface area contributed by atoms with Gasteiger partial charge in [-0.2, -0.15) is 0 Å². The molecule has 0 aromatic rings. The average Bonchev–Trinajstić information content (AvgIpc) is 1.53. The van der Waals surface area contributed by atoms with Crippen LogP contribution in [0, 0.1) is 110 Å². The van der Waals surface area contributed by atoms with Gasteiger partial charge in [0.2, 0.25) is 53.1 Å². The summed E-state index contributed by atoms with van der Waals surface area (Å²) >= 11 is 0. The summed E-state index contributed by atoms with van der Waals surface area (Å²) in [7, 11) is 0. The van der Waals surface area contributed by atoms with Crippen molar-refractivity contribution in [1.82, 2.24) is 19.6 Å². The van der Waals surface area contributed by atoms with Crippen molar-refractivity contribution in [2.24, 2.45) is 115 Å².